The van der Waals surface area contributed by atoms with Crippen molar-refractivity contribution in [1.29, 1.82) is 5.26 Å². The zero-order valence-corrected chi connectivity index (χ0v) is 14.4. The Hall–Kier alpha value is -2.85. The minimum absolute atomic E-state index is 0.0623. The fourth-order valence-corrected chi connectivity index (χ4v) is 4.02. The zero-order valence-electron chi connectivity index (χ0n) is 13.6. The Kier molecular flexibility index (Phi) is 4.47. The number of allylic oxidation sites excluding steroid dienone is 1. The topological polar surface area (TPSA) is 85.3 Å². The van der Waals surface area contributed by atoms with E-state index in [-0.39, 0.29) is 23.9 Å². The molecule has 1 atom stereocenters. The van der Waals surface area contributed by atoms with E-state index in [9.17, 15) is 14.4 Å². The number of nitrogens with two attached hydrogens (primary N) is 1. The van der Waals surface area contributed by atoms with Crippen molar-refractivity contribution in [1.82, 2.24) is 0 Å². The lowest BCUT2D eigenvalue weighted by atomic mass is 9.88. The van der Waals surface area contributed by atoms with Crippen LogP contribution in [0.1, 0.15) is 38.5 Å². The van der Waals surface area contributed by atoms with Crippen LogP contribution in [-0.4, -0.2) is 12.6 Å². The molecular weight excluding hydrogens is 343 g/mol. The molecule has 2 heterocycles. The number of rotatable bonds is 3. The largest absolute Gasteiger partial charge is 0.462 e. The van der Waals surface area contributed by atoms with Crippen molar-refractivity contribution in [2.24, 2.45) is 5.73 Å². The third-order valence-electron chi connectivity index (χ3n) is 3.90. The van der Waals surface area contributed by atoms with Gasteiger partial charge in [-0.05, 0) is 31.5 Å². The highest BCUT2D eigenvalue weighted by atomic mass is 32.1. The standard InChI is InChI=1S/C18H15FN2O3S/c1-3-23-18(22)13-9(2)25-16-14(10-4-6-11(19)7-5-10)12(8-20)17(21)24-15(13)16/h4-7,14H,3,21H2,1-2H3/t14-/m0/s1. The second-order valence-corrected chi connectivity index (χ2v) is 6.68. The highest BCUT2D eigenvalue weighted by Crippen LogP contribution is 2.49. The Labute approximate surface area is 148 Å². The van der Waals surface area contributed by atoms with Crippen molar-refractivity contribution < 1.29 is 18.7 Å². The van der Waals surface area contributed by atoms with Gasteiger partial charge in [-0.15, -0.1) is 11.3 Å². The van der Waals surface area contributed by atoms with Gasteiger partial charge in [-0.25, -0.2) is 9.18 Å². The average molecular weight is 358 g/mol. The average Bonchev–Trinajstić information content (AvgIpc) is 2.90. The molecule has 0 saturated heterocycles. The second kappa shape index (κ2) is 6.57. The third-order valence-corrected chi connectivity index (χ3v) is 5.05. The van der Waals surface area contributed by atoms with Gasteiger partial charge in [-0.3, -0.25) is 0 Å². The fourth-order valence-electron chi connectivity index (χ4n) is 2.81. The molecule has 1 aromatic carbocycles. The number of nitriles is 1. The first-order valence-corrected chi connectivity index (χ1v) is 8.43. The van der Waals surface area contributed by atoms with Gasteiger partial charge in [-0.2, -0.15) is 5.26 Å². The summed E-state index contributed by atoms with van der Waals surface area (Å²) in [5, 5.41) is 9.51. The van der Waals surface area contributed by atoms with E-state index in [4.69, 9.17) is 15.2 Å². The summed E-state index contributed by atoms with van der Waals surface area (Å²) in [7, 11) is 0. The molecule has 2 N–H and O–H groups in total. The smallest absolute Gasteiger partial charge is 0.343 e. The molecule has 3 rings (SSSR count). The molecule has 0 bridgehead atoms. The van der Waals surface area contributed by atoms with E-state index >= 15 is 0 Å². The molecule has 1 aliphatic rings. The summed E-state index contributed by atoms with van der Waals surface area (Å²) >= 11 is 1.34. The molecule has 0 spiro atoms. The second-order valence-electron chi connectivity index (χ2n) is 5.42. The van der Waals surface area contributed by atoms with E-state index in [1.807, 2.05) is 0 Å². The number of ether oxygens (including phenoxy) is 2. The van der Waals surface area contributed by atoms with Crippen LogP contribution < -0.4 is 10.5 Å². The Bertz CT molecular complexity index is 910. The van der Waals surface area contributed by atoms with Crippen LogP contribution in [0, 0.1) is 24.1 Å². The van der Waals surface area contributed by atoms with Gasteiger partial charge in [0.05, 0.1) is 17.4 Å². The van der Waals surface area contributed by atoms with Crippen molar-refractivity contribution in [2.75, 3.05) is 6.61 Å². The lowest BCUT2D eigenvalue weighted by molar-refractivity contribution is 0.0522. The SMILES string of the molecule is CCOC(=O)c1c(C)sc2c1OC(N)=C(C#N)[C@@H]2c1ccc(F)cc1. The number of esters is 1. The number of hydrogen-bond donors (Lipinski definition) is 1. The molecule has 0 fully saturated rings. The zero-order chi connectivity index (χ0) is 18.1. The Morgan fingerprint density at radius 2 is 2.12 bits per heavy atom. The Morgan fingerprint density at radius 3 is 2.72 bits per heavy atom. The van der Waals surface area contributed by atoms with E-state index < -0.39 is 11.9 Å². The molecule has 0 radical (unpaired) electrons. The highest BCUT2D eigenvalue weighted by Gasteiger charge is 2.37. The van der Waals surface area contributed by atoms with Crippen molar-refractivity contribution >= 4 is 17.3 Å². The summed E-state index contributed by atoms with van der Waals surface area (Å²) in [6.45, 7) is 3.73. The number of aryl methyl sites for hydroxylation is 1. The van der Waals surface area contributed by atoms with Crippen LogP contribution >= 0.6 is 11.3 Å². The molecule has 2 aromatic rings. The first-order chi connectivity index (χ1) is 12.0. The summed E-state index contributed by atoms with van der Waals surface area (Å²) in [5.74, 6) is -1.13. The molecule has 5 nitrogen and oxygen atoms in total. The van der Waals surface area contributed by atoms with Crippen LogP contribution in [0.2, 0.25) is 0 Å². The Morgan fingerprint density at radius 1 is 1.44 bits per heavy atom. The molecular formula is C18H15FN2O3S. The van der Waals surface area contributed by atoms with E-state index in [0.29, 0.717) is 26.6 Å². The number of fused-ring (bicyclic) bond motifs is 1. The van der Waals surface area contributed by atoms with Gasteiger partial charge in [0.2, 0.25) is 5.88 Å². The molecule has 7 heteroatoms. The maximum atomic E-state index is 13.3. The molecule has 0 aliphatic carbocycles. The molecule has 0 unspecified atom stereocenters. The van der Waals surface area contributed by atoms with Gasteiger partial charge in [0.25, 0.3) is 0 Å². The van der Waals surface area contributed by atoms with Crippen molar-refractivity contribution in [3.63, 3.8) is 0 Å². The summed E-state index contributed by atoms with van der Waals surface area (Å²) in [4.78, 5) is 13.7. The molecule has 0 amide bonds. The van der Waals surface area contributed by atoms with Crippen LogP contribution in [0.5, 0.6) is 5.75 Å². The first-order valence-electron chi connectivity index (χ1n) is 7.61. The normalized spacial score (nSPS) is 16.0. The number of carbonyl (C=O) groups excluding carboxylic acids is 1. The molecule has 0 saturated carbocycles. The lowest BCUT2D eigenvalue weighted by Crippen LogP contribution is -2.21. The van der Waals surface area contributed by atoms with Gasteiger partial charge in [0.15, 0.2) is 5.75 Å². The van der Waals surface area contributed by atoms with Crippen molar-refractivity contribution in [3.05, 3.63) is 62.4 Å². The number of hydrogen-bond acceptors (Lipinski definition) is 6. The quantitative estimate of drug-likeness (QED) is 0.848. The summed E-state index contributed by atoms with van der Waals surface area (Å²) in [5.41, 5.74) is 7.17. The van der Waals surface area contributed by atoms with E-state index in [0.717, 1.165) is 0 Å². The molecule has 1 aromatic heterocycles. The third kappa shape index (κ3) is 2.85. The first kappa shape index (κ1) is 17.0. The molecule has 1 aliphatic heterocycles. The van der Waals surface area contributed by atoms with Crippen LogP contribution in [-0.2, 0) is 4.74 Å². The monoisotopic (exact) mass is 358 g/mol. The summed E-state index contributed by atoms with van der Waals surface area (Å²) in [6, 6.07) is 7.90. The minimum Gasteiger partial charge on any atom is -0.462 e. The fraction of sp³-hybridized carbons (Fsp3) is 0.222. The van der Waals surface area contributed by atoms with E-state index in [1.54, 1.807) is 26.0 Å². The van der Waals surface area contributed by atoms with Crippen molar-refractivity contribution in [3.8, 4) is 11.8 Å². The number of thiophene rings is 1. The lowest BCUT2D eigenvalue weighted by Gasteiger charge is -2.24. The maximum Gasteiger partial charge on any atom is 0.343 e. The summed E-state index contributed by atoms with van der Waals surface area (Å²) < 4.78 is 24.0. The van der Waals surface area contributed by atoms with Crippen LogP contribution in [0.15, 0.2) is 35.7 Å². The molecule has 128 valence electrons. The number of halogens is 1. The predicted molar refractivity (Wildman–Crippen MR) is 90.7 cm³/mol. The number of carbonyl (C=O) groups is 1. The Balaban J connectivity index is 2.20. The van der Waals surface area contributed by atoms with Crippen LogP contribution in [0.25, 0.3) is 0 Å². The van der Waals surface area contributed by atoms with Gasteiger partial charge < -0.3 is 15.2 Å². The van der Waals surface area contributed by atoms with Gasteiger partial charge in [-0.1, -0.05) is 12.1 Å². The van der Waals surface area contributed by atoms with Crippen molar-refractivity contribution in [2.45, 2.75) is 19.8 Å². The number of nitrogens with zero attached hydrogens (tertiary/aromatic N) is 1. The van der Waals surface area contributed by atoms with E-state index in [1.165, 1.54) is 23.5 Å². The minimum atomic E-state index is -0.513. The molecule has 25 heavy (non-hydrogen) atoms. The predicted octanol–water partition coefficient (Wildman–Crippen LogP) is 3.59. The highest BCUT2D eigenvalue weighted by molar-refractivity contribution is 7.12. The summed E-state index contributed by atoms with van der Waals surface area (Å²) in [6.07, 6.45) is 0. The van der Waals surface area contributed by atoms with Gasteiger partial charge >= 0.3 is 5.97 Å². The van der Waals surface area contributed by atoms with Crippen LogP contribution in [0.3, 0.4) is 0 Å². The van der Waals surface area contributed by atoms with Gasteiger partial charge in [0.1, 0.15) is 23.0 Å². The number of benzene rings is 1. The van der Waals surface area contributed by atoms with E-state index in [2.05, 4.69) is 6.07 Å². The van der Waals surface area contributed by atoms with Crippen LogP contribution in [0.4, 0.5) is 4.39 Å². The maximum absolute atomic E-state index is 13.3. The van der Waals surface area contributed by atoms with Gasteiger partial charge in [0, 0.05) is 4.88 Å².